The van der Waals surface area contributed by atoms with Gasteiger partial charge < -0.3 is 19.6 Å². The number of benzene rings is 2. The predicted molar refractivity (Wildman–Crippen MR) is 138 cm³/mol. The number of hydrogen-bond donors (Lipinski definition) is 4. The quantitative estimate of drug-likeness (QED) is 0.0348. The topological polar surface area (TPSA) is 311 Å². The SMILES string of the molecule is N=c1c(N=Nc2ccccc2)cc(=S(=O)(O)O)c2cc(S(=O)(=O)[O-])c(=NNc3cc([N+](=O)[O-])cc(C(=O)[O-])c3[O-])c(=O)c1=2.[Na+].[Na+].[Na+]. The predicted octanol–water partition coefficient (Wildman–Crippen LogP) is -9.51. The van der Waals surface area contributed by atoms with Gasteiger partial charge in [-0.15, -0.1) is 5.11 Å². The Morgan fingerprint density at radius 2 is 1.59 bits per heavy atom. The number of rotatable bonds is 7. The van der Waals surface area contributed by atoms with Crippen molar-refractivity contribution < 1.29 is 135 Å². The van der Waals surface area contributed by atoms with Crippen molar-refractivity contribution in [3.05, 3.63) is 106 Å². The van der Waals surface area contributed by atoms with Gasteiger partial charge in [0, 0.05) is 17.4 Å². The molecule has 0 unspecified atom stereocenters. The maximum absolute atomic E-state index is 13.5. The summed E-state index contributed by atoms with van der Waals surface area (Å²) in [6.45, 7) is 0. The largest absolute Gasteiger partial charge is 1.00 e. The Bertz CT molecular complexity index is 2390. The molecule has 2 aliphatic carbocycles. The van der Waals surface area contributed by atoms with E-state index in [1.807, 2.05) is 5.43 Å². The van der Waals surface area contributed by atoms with Crippen molar-refractivity contribution in [3.8, 4) is 5.75 Å². The molecule has 4 N–H and O–H groups in total. The molecule has 0 fully saturated rings. The number of carboxylic acids is 1. The molecule has 0 bridgehead atoms. The summed E-state index contributed by atoms with van der Waals surface area (Å²) < 4.78 is 67.4. The van der Waals surface area contributed by atoms with Crippen molar-refractivity contribution in [2.24, 2.45) is 15.3 Å². The third-order valence-electron chi connectivity index (χ3n) is 5.64. The van der Waals surface area contributed by atoms with Crippen LogP contribution in [0.2, 0.25) is 0 Å². The molecule has 2 aliphatic rings. The van der Waals surface area contributed by atoms with Gasteiger partial charge in [0.15, 0.2) is 0 Å². The van der Waals surface area contributed by atoms with Crippen molar-refractivity contribution >= 4 is 48.9 Å². The van der Waals surface area contributed by atoms with Crippen LogP contribution in [0, 0.1) is 30.5 Å². The zero-order valence-corrected chi connectivity index (χ0v) is 31.4. The van der Waals surface area contributed by atoms with Crippen LogP contribution >= 0.6 is 0 Å². The second kappa shape index (κ2) is 16.1. The molecule has 0 aromatic heterocycles. The molecular formula is C23H13N6Na3O12S2. The van der Waals surface area contributed by atoms with Gasteiger partial charge in [-0.1, -0.05) is 23.9 Å². The average Bonchev–Trinajstić information content (AvgIpc) is 2.91. The molecule has 0 heterocycles. The van der Waals surface area contributed by atoms with Crippen molar-refractivity contribution in [2.75, 3.05) is 5.43 Å². The van der Waals surface area contributed by atoms with Crippen LogP contribution in [0.1, 0.15) is 10.4 Å². The molecule has 2 aromatic rings. The standard InChI is InChI=1S/C23H16N6O12S2.3Na/c24-19-14(26-25-10-4-2-1-3-5-10)9-16(42(36,37)38)12-8-17(43(39,40)41)20(22(31)18(12)19)28-27-15-7-11(29(34)35)6-13(21(15)30)23(32)33;;;/h1-9,24,27,30H,(H,32,33)(H2,36,37,38)(H,39,40,41);;;/q;3*+1/p-3. The molecule has 0 amide bonds. The Kier molecular flexibility index (Phi) is 14.6. The summed E-state index contributed by atoms with van der Waals surface area (Å²) in [5, 5.41) is 50.5. The second-order valence-electron chi connectivity index (χ2n) is 8.37. The van der Waals surface area contributed by atoms with Gasteiger partial charge >= 0.3 is 88.7 Å². The molecule has 4 rings (SSSR count). The number of non-ortho nitro benzene ring substituents is 1. The van der Waals surface area contributed by atoms with Gasteiger partial charge in [-0.3, -0.25) is 34.8 Å². The number of nitrogens with zero attached hydrogens (tertiary/aromatic N) is 4. The first-order chi connectivity index (χ1) is 20.0. The monoisotopic (exact) mass is 698 g/mol. The molecule has 46 heavy (non-hydrogen) atoms. The molecule has 0 radical (unpaired) electrons. The Balaban J connectivity index is 0.00000353. The van der Waals surface area contributed by atoms with E-state index in [1.54, 1.807) is 18.2 Å². The number of nitro benzene ring substituents is 1. The van der Waals surface area contributed by atoms with Crippen LogP contribution in [0.25, 0.3) is 0 Å². The molecule has 23 heteroatoms. The van der Waals surface area contributed by atoms with E-state index < -0.39 is 95.5 Å². The minimum absolute atomic E-state index is 0. The van der Waals surface area contributed by atoms with E-state index in [9.17, 15) is 56.2 Å². The van der Waals surface area contributed by atoms with Crippen LogP contribution in [-0.2, 0) is 20.2 Å². The third kappa shape index (κ3) is 8.93. The summed E-state index contributed by atoms with van der Waals surface area (Å²) >= 11 is 0. The molecule has 0 atom stereocenters. The van der Waals surface area contributed by atoms with Crippen LogP contribution in [0.5, 0.6) is 5.75 Å². The van der Waals surface area contributed by atoms with E-state index >= 15 is 0 Å². The van der Waals surface area contributed by atoms with E-state index in [-0.39, 0.29) is 94.4 Å². The summed E-state index contributed by atoms with van der Waals surface area (Å²) in [5.41, 5.74) is -3.15. The van der Waals surface area contributed by atoms with Crippen LogP contribution < -0.4 is 120 Å². The normalized spacial score (nSPS) is 11.8. The van der Waals surface area contributed by atoms with Gasteiger partial charge in [0.05, 0.1) is 42.2 Å². The first-order valence-electron chi connectivity index (χ1n) is 11.2. The van der Waals surface area contributed by atoms with Gasteiger partial charge in [-0.25, -0.2) is 12.6 Å². The number of nitro groups is 1. The summed E-state index contributed by atoms with van der Waals surface area (Å²) in [4.78, 5) is 33.4. The van der Waals surface area contributed by atoms with Crippen molar-refractivity contribution in [1.82, 2.24) is 0 Å². The molecule has 2 aromatic carbocycles. The van der Waals surface area contributed by atoms with E-state index in [0.717, 1.165) is 0 Å². The van der Waals surface area contributed by atoms with Crippen LogP contribution in [0.4, 0.5) is 22.7 Å². The Morgan fingerprint density at radius 1 is 0.978 bits per heavy atom. The van der Waals surface area contributed by atoms with Gasteiger partial charge in [0.2, 0.25) is 15.5 Å². The van der Waals surface area contributed by atoms with Gasteiger partial charge in [0.25, 0.3) is 5.69 Å². The molecule has 0 saturated heterocycles. The van der Waals surface area contributed by atoms with E-state index in [1.165, 1.54) is 12.1 Å². The van der Waals surface area contributed by atoms with Crippen molar-refractivity contribution in [2.45, 2.75) is 4.90 Å². The van der Waals surface area contributed by atoms with E-state index in [0.29, 0.717) is 24.3 Å². The molecule has 0 aliphatic heterocycles. The summed E-state index contributed by atoms with van der Waals surface area (Å²) in [6, 6.07) is 9.73. The summed E-state index contributed by atoms with van der Waals surface area (Å²) in [6.07, 6.45) is 0. The van der Waals surface area contributed by atoms with Crippen molar-refractivity contribution in [3.63, 3.8) is 0 Å². The fraction of sp³-hybridized carbons (Fsp3) is 0. The molecule has 0 spiro atoms. The zero-order valence-electron chi connectivity index (χ0n) is 23.8. The Hall–Kier alpha value is -2.41. The van der Waals surface area contributed by atoms with Crippen LogP contribution in [0.3, 0.4) is 0 Å². The Labute approximate surface area is 323 Å². The first kappa shape index (κ1) is 41.6. The maximum atomic E-state index is 13.5. The number of hydrogen-bond acceptors (Lipinski definition) is 15. The zero-order chi connectivity index (χ0) is 31.9. The third-order valence-corrected chi connectivity index (χ3v) is 7.40. The van der Waals surface area contributed by atoms with E-state index in [2.05, 4.69) is 15.3 Å². The number of carboxylic acid groups (broad SMARTS) is 1. The summed E-state index contributed by atoms with van der Waals surface area (Å²) in [7, 11) is -10.7. The average molecular weight is 698 g/mol. The molecule has 18 nitrogen and oxygen atoms in total. The van der Waals surface area contributed by atoms with Crippen LogP contribution in [0.15, 0.2) is 79.6 Å². The van der Waals surface area contributed by atoms with Gasteiger partial charge in [-0.05, 0) is 29.8 Å². The van der Waals surface area contributed by atoms with Gasteiger partial charge in [0.1, 0.15) is 21.2 Å². The molecule has 222 valence electrons. The molecule has 0 saturated carbocycles. The number of carbonyl (C=O) groups is 1. The maximum Gasteiger partial charge on any atom is 1.00 e. The number of nitrogens with one attached hydrogen (secondary N) is 2. The minimum atomic E-state index is -5.67. The van der Waals surface area contributed by atoms with Crippen LogP contribution in [-0.4, -0.2) is 37.2 Å². The smallest absolute Gasteiger partial charge is 0.871 e. The molecular weight excluding hydrogens is 685 g/mol. The number of azo groups is 1. The second-order valence-corrected chi connectivity index (χ2v) is 11.1. The minimum Gasteiger partial charge on any atom is -0.871 e. The fourth-order valence-corrected chi connectivity index (χ4v) is 5.09. The first-order valence-corrected chi connectivity index (χ1v) is 14.0. The van der Waals surface area contributed by atoms with E-state index in [4.69, 9.17) is 5.41 Å². The Morgan fingerprint density at radius 3 is 2.11 bits per heavy atom. The van der Waals surface area contributed by atoms with Gasteiger partial charge in [-0.2, -0.15) is 10.2 Å². The number of carbonyl (C=O) groups excluding carboxylic acids is 1. The fourth-order valence-electron chi connectivity index (χ4n) is 3.74. The summed E-state index contributed by atoms with van der Waals surface area (Å²) in [5.74, 6) is -3.54. The number of aromatic carboxylic acids is 1. The van der Waals surface area contributed by atoms with Crippen molar-refractivity contribution in [1.29, 1.82) is 5.41 Å². The number of anilines is 1.